The average molecular weight is 275 g/mol. The first kappa shape index (κ1) is 14.1. The number of esters is 1. The van der Waals surface area contributed by atoms with Crippen LogP contribution in [-0.2, 0) is 11.3 Å². The summed E-state index contributed by atoms with van der Waals surface area (Å²) in [4.78, 5) is 20.2. The molecule has 0 spiro atoms. The first-order chi connectivity index (χ1) is 9.37. The molecule has 20 heavy (non-hydrogen) atoms. The van der Waals surface area contributed by atoms with Crippen LogP contribution in [-0.4, -0.2) is 36.5 Å². The highest BCUT2D eigenvalue weighted by molar-refractivity contribution is 5.88. The van der Waals surface area contributed by atoms with Gasteiger partial charge in [-0.05, 0) is 33.8 Å². The van der Waals surface area contributed by atoms with Crippen LogP contribution in [0.4, 0.5) is 0 Å². The molecule has 0 atom stereocenters. The smallest absolute Gasteiger partial charge is 0.361 e. The molecule has 0 amide bonds. The van der Waals surface area contributed by atoms with Gasteiger partial charge in [-0.15, -0.1) is 5.10 Å². The van der Waals surface area contributed by atoms with Crippen molar-refractivity contribution in [1.82, 2.24) is 25.0 Å². The van der Waals surface area contributed by atoms with E-state index in [1.165, 1.54) is 0 Å². The molecule has 2 aromatic heterocycles. The molecule has 2 rings (SSSR count). The van der Waals surface area contributed by atoms with Crippen LogP contribution in [0.2, 0.25) is 0 Å². The Balaban J connectivity index is 2.17. The summed E-state index contributed by atoms with van der Waals surface area (Å²) in [5.74, 6) is 0.131. The van der Waals surface area contributed by atoms with Crippen LogP contribution in [0.25, 0.3) is 0 Å². The minimum atomic E-state index is -0.560. The fraction of sp³-hybridized carbons (Fsp3) is 0.462. The lowest BCUT2D eigenvalue weighted by atomic mass is 10.2. The summed E-state index contributed by atoms with van der Waals surface area (Å²) < 4.78 is 6.86. The highest BCUT2D eigenvalue weighted by Gasteiger charge is 2.23. The summed E-state index contributed by atoms with van der Waals surface area (Å²) in [6.45, 7) is 7.55. The highest BCUT2D eigenvalue weighted by Crippen LogP contribution is 2.13. The topological polar surface area (TPSA) is 82.8 Å². The number of hydrogen-bond acceptors (Lipinski definition) is 6. The molecular weight excluding hydrogens is 258 g/mol. The number of rotatable bonds is 3. The molecule has 7 heteroatoms. The second-order valence-electron chi connectivity index (χ2n) is 5.35. The van der Waals surface area contributed by atoms with Crippen molar-refractivity contribution >= 4 is 5.97 Å². The highest BCUT2D eigenvalue weighted by atomic mass is 16.6. The van der Waals surface area contributed by atoms with Crippen molar-refractivity contribution in [3.05, 3.63) is 35.7 Å². The van der Waals surface area contributed by atoms with Gasteiger partial charge in [0.05, 0.1) is 5.69 Å². The van der Waals surface area contributed by atoms with E-state index in [9.17, 15) is 4.79 Å². The molecule has 0 aliphatic carbocycles. The fourth-order valence-electron chi connectivity index (χ4n) is 1.57. The van der Waals surface area contributed by atoms with E-state index in [1.807, 2.05) is 20.8 Å². The second-order valence-corrected chi connectivity index (χ2v) is 5.35. The normalized spacial score (nSPS) is 11.4. The van der Waals surface area contributed by atoms with Crippen molar-refractivity contribution in [3.63, 3.8) is 0 Å². The quantitative estimate of drug-likeness (QED) is 0.787. The number of aromatic nitrogens is 5. The van der Waals surface area contributed by atoms with Gasteiger partial charge >= 0.3 is 5.97 Å². The molecule has 7 nitrogen and oxygen atoms in total. The Bertz CT molecular complexity index is 601. The van der Waals surface area contributed by atoms with E-state index in [1.54, 1.807) is 30.1 Å². The SMILES string of the molecule is Cc1c(C(=O)OC(C)(C)C)nnn1Cc1ncccn1. The van der Waals surface area contributed by atoms with Crippen LogP contribution in [0, 0.1) is 6.92 Å². The van der Waals surface area contributed by atoms with Crippen LogP contribution >= 0.6 is 0 Å². The van der Waals surface area contributed by atoms with Gasteiger partial charge in [-0.2, -0.15) is 0 Å². The molecule has 0 saturated carbocycles. The number of ether oxygens (including phenoxy) is 1. The van der Waals surface area contributed by atoms with Gasteiger partial charge in [-0.25, -0.2) is 19.4 Å². The average Bonchev–Trinajstić information content (AvgIpc) is 2.70. The molecule has 0 saturated heterocycles. The van der Waals surface area contributed by atoms with Crippen LogP contribution in [0.3, 0.4) is 0 Å². The molecule has 2 heterocycles. The third kappa shape index (κ3) is 3.37. The number of carbonyl (C=O) groups excluding carboxylic acids is 1. The molecule has 0 radical (unpaired) electrons. The summed E-state index contributed by atoms with van der Waals surface area (Å²) in [6.07, 6.45) is 3.31. The van der Waals surface area contributed by atoms with Crippen LogP contribution in [0.15, 0.2) is 18.5 Å². The minimum absolute atomic E-state index is 0.218. The van der Waals surface area contributed by atoms with Gasteiger partial charge in [0.15, 0.2) is 5.69 Å². The number of carbonyl (C=O) groups is 1. The first-order valence-corrected chi connectivity index (χ1v) is 6.26. The lowest BCUT2D eigenvalue weighted by Crippen LogP contribution is -2.24. The van der Waals surface area contributed by atoms with Crippen molar-refractivity contribution in [2.45, 2.75) is 39.8 Å². The standard InChI is InChI=1S/C13H17N5O2/c1-9-11(12(19)20-13(2,3)4)16-17-18(9)8-10-14-6-5-7-15-10/h5-7H,8H2,1-4H3. The zero-order chi connectivity index (χ0) is 14.8. The van der Waals surface area contributed by atoms with Gasteiger partial charge in [0, 0.05) is 12.4 Å². The van der Waals surface area contributed by atoms with Gasteiger partial charge in [0.1, 0.15) is 18.0 Å². The van der Waals surface area contributed by atoms with Crippen LogP contribution in [0.5, 0.6) is 0 Å². The molecule has 0 aliphatic rings. The molecule has 106 valence electrons. The van der Waals surface area contributed by atoms with E-state index in [0.717, 1.165) is 0 Å². The zero-order valence-corrected chi connectivity index (χ0v) is 12.0. The van der Waals surface area contributed by atoms with Gasteiger partial charge < -0.3 is 4.74 Å². The van der Waals surface area contributed by atoms with Gasteiger partial charge in [-0.3, -0.25) is 0 Å². The van der Waals surface area contributed by atoms with Crippen molar-refractivity contribution in [3.8, 4) is 0 Å². The Morgan fingerprint density at radius 2 is 1.95 bits per heavy atom. The molecule has 0 aliphatic heterocycles. The number of hydrogen-bond donors (Lipinski definition) is 0. The summed E-state index contributed by atoms with van der Waals surface area (Å²) in [5, 5.41) is 7.83. The second kappa shape index (κ2) is 5.36. The molecule has 0 bridgehead atoms. The van der Waals surface area contributed by atoms with Crippen molar-refractivity contribution < 1.29 is 9.53 Å². The van der Waals surface area contributed by atoms with Gasteiger partial charge in [0.25, 0.3) is 0 Å². The van der Waals surface area contributed by atoms with E-state index in [4.69, 9.17) is 4.74 Å². The molecule has 0 aromatic carbocycles. The summed E-state index contributed by atoms with van der Waals surface area (Å²) in [7, 11) is 0. The lowest BCUT2D eigenvalue weighted by molar-refractivity contribution is 0.00618. The minimum Gasteiger partial charge on any atom is -0.455 e. The van der Waals surface area contributed by atoms with E-state index < -0.39 is 11.6 Å². The van der Waals surface area contributed by atoms with E-state index >= 15 is 0 Å². The Morgan fingerprint density at radius 3 is 2.55 bits per heavy atom. The maximum Gasteiger partial charge on any atom is 0.361 e. The van der Waals surface area contributed by atoms with Crippen LogP contribution in [0.1, 0.15) is 42.8 Å². The fourth-order valence-corrected chi connectivity index (χ4v) is 1.57. The summed E-state index contributed by atoms with van der Waals surface area (Å²) >= 11 is 0. The number of nitrogens with zero attached hydrogens (tertiary/aromatic N) is 5. The van der Waals surface area contributed by atoms with E-state index in [0.29, 0.717) is 18.1 Å². The third-order valence-electron chi connectivity index (χ3n) is 2.49. The molecular formula is C13H17N5O2. The molecule has 0 fully saturated rings. The molecule has 2 aromatic rings. The third-order valence-corrected chi connectivity index (χ3v) is 2.49. The maximum absolute atomic E-state index is 12.0. The molecule has 0 unspecified atom stereocenters. The Labute approximate surface area is 117 Å². The summed E-state index contributed by atoms with van der Waals surface area (Å²) in [5.41, 5.74) is 0.290. The lowest BCUT2D eigenvalue weighted by Gasteiger charge is -2.18. The van der Waals surface area contributed by atoms with Crippen molar-refractivity contribution in [1.29, 1.82) is 0 Å². The largest absolute Gasteiger partial charge is 0.455 e. The Hall–Kier alpha value is -2.31. The Morgan fingerprint density at radius 1 is 1.30 bits per heavy atom. The molecule has 0 N–H and O–H groups in total. The monoisotopic (exact) mass is 275 g/mol. The van der Waals surface area contributed by atoms with Crippen molar-refractivity contribution in [2.24, 2.45) is 0 Å². The van der Waals surface area contributed by atoms with E-state index in [2.05, 4.69) is 20.3 Å². The van der Waals surface area contributed by atoms with Crippen molar-refractivity contribution in [2.75, 3.05) is 0 Å². The predicted octanol–water partition coefficient (Wildman–Crippen LogP) is 1.38. The summed E-state index contributed by atoms with van der Waals surface area (Å²) in [6, 6.07) is 1.74. The first-order valence-electron chi connectivity index (χ1n) is 6.26. The van der Waals surface area contributed by atoms with Gasteiger partial charge in [0.2, 0.25) is 0 Å². The van der Waals surface area contributed by atoms with Gasteiger partial charge in [-0.1, -0.05) is 5.21 Å². The van der Waals surface area contributed by atoms with Crippen LogP contribution < -0.4 is 0 Å². The zero-order valence-electron chi connectivity index (χ0n) is 12.0. The van der Waals surface area contributed by atoms with E-state index in [-0.39, 0.29) is 5.69 Å². The predicted molar refractivity (Wildman–Crippen MR) is 71.1 cm³/mol. The maximum atomic E-state index is 12.0. The Kier molecular flexibility index (Phi) is 3.78.